The van der Waals surface area contributed by atoms with E-state index in [-0.39, 0.29) is 33.1 Å². The van der Waals surface area contributed by atoms with E-state index in [1.807, 2.05) is 0 Å². The van der Waals surface area contributed by atoms with Gasteiger partial charge in [0.2, 0.25) is 0 Å². The van der Waals surface area contributed by atoms with Crippen LogP contribution < -0.4 is 9.50 Å². The van der Waals surface area contributed by atoms with Gasteiger partial charge in [-0.1, -0.05) is 18.2 Å². The summed E-state index contributed by atoms with van der Waals surface area (Å²) in [6.45, 7) is 4.29. The van der Waals surface area contributed by atoms with Gasteiger partial charge < -0.3 is 14.2 Å². The molecule has 182 valence electrons. The molecule has 0 atom stereocenters. The molecule has 1 amide bonds. The molecule has 3 aromatic carbocycles. The number of aryl methyl sites for hydroxylation is 2. The predicted octanol–water partition coefficient (Wildman–Crippen LogP) is 4.08. The van der Waals surface area contributed by atoms with Gasteiger partial charge in [0, 0.05) is 6.07 Å². The Labute approximate surface area is 201 Å². The summed E-state index contributed by atoms with van der Waals surface area (Å²) in [7, 11) is -4.07. The number of hydrogen-bond acceptors (Lipinski definition) is 8. The molecule has 10 nitrogen and oxygen atoms in total. The van der Waals surface area contributed by atoms with Crippen molar-refractivity contribution >= 4 is 33.4 Å². The van der Waals surface area contributed by atoms with E-state index in [9.17, 15) is 28.1 Å². The van der Waals surface area contributed by atoms with E-state index in [0.29, 0.717) is 5.56 Å². The van der Waals surface area contributed by atoms with Crippen molar-refractivity contribution < 1.29 is 31.9 Å². The van der Waals surface area contributed by atoms with Gasteiger partial charge in [-0.2, -0.15) is 8.42 Å². The summed E-state index contributed by atoms with van der Waals surface area (Å²) in [5.74, 6) is -1.50. The quantitative estimate of drug-likeness (QED) is 0.212. The molecule has 0 saturated carbocycles. The molecule has 0 radical (unpaired) electrons. The van der Waals surface area contributed by atoms with E-state index < -0.39 is 33.5 Å². The van der Waals surface area contributed by atoms with Crippen LogP contribution in [0.1, 0.15) is 27.0 Å². The molecule has 0 aliphatic carbocycles. The number of hydrogen-bond donors (Lipinski definition) is 1. The molecule has 0 bridgehead atoms. The minimum absolute atomic E-state index is 0.00125. The first kappa shape index (κ1) is 25.4. The fourth-order valence-electron chi connectivity index (χ4n) is 3.15. The number of esters is 1. The molecule has 0 heterocycles. The van der Waals surface area contributed by atoms with Gasteiger partial charge in [-0.25, -0.2) is 4.79 Å². The van der Waals surface area contributed by atoms with Crippen molar-refractivity contribution in [2.45, 2.75) is 25.7 Å². The van der Waals surface area contributed by atoms with Gasteiger partial charge in [-0.05, 0) is 68.3 Å². The summed E-state index contributed by atoms with van der Waals surface area (Å²) in [6.07, 6.45) is 0. The minimum Gasteiger partial charge on any atom is -0.452 e. The number of rotatable bonds is 8. The van der Waals surface area contributed by atoms with Gasteiger partial charge in [-0.15, -0.1) is 0 Å². The fourth-order valence-corrected chi connectivity index (χ4v) is 4.40. The maximum absolute atomic E-state index is 12.6. The number of benzene rings is 3. The molecule has 3 aromatic rings. The van der Waals surface area contributed by atoms with Crippen molar-refractivity contribution in [1.29, 1.82) is 0 Å². The molecule has 35 heavy (non-hydrogen) atoms. The first-order valence-corrected chi connectivity index (χ1v) is 11.7. The molecule has 0 spiro atoms. The fraction of sp³-hybridized carbons (Fsp3) is 0.167. The number of nitro groups is 1. The molecular weight excluding hydrogens is 476 g/mol. The van der Waals surface area contributed by atoms with Gasteiger partial charge in [-0.3, -0.25) is 14.9 Å². The lowest BCUT2D eigenvalue weighted by Crippen LogP contribution is -2.21. The monoisotopic (exact) mass is 498 g/mol. The lowest BCUT2D eigenvalue weighted by molar-refractivity contribution is -0.385. The number of nitrogens with zero attached hydrogens (tertiary/aromatic N) is 1. The molecule has 0 aromatic heterocycles. The summed E-state index contributed by atoms with van der Waals surface area (Å²) >= 11 is 0. The Morgan fingerprint density at radius 2 is 1.69 bits per heavy atom. The highest BCUT2D eigenvalue weighted by Crippen LogP contribution is 2.25. The first-order chi connectivity index (χ1) is 16.5. The highest BCUT2D eigenvalue weighted by Gasteiger charge is 2.20. The number of carbonyl (C=O) groups is 2. The molecule has 0 aliphatic rings. The highest BCUT2D eigenvalue weighted by molar-refractivity contribution is 7.87. The van der Waals surface area contributed by atoms with Crippen LogP contribution in [0.4, 0.5) is 11.4 Å². The third kappa shape index (κ3) is 6.21. The zero-order valence-electron chi connectivity index (χ0n) is 19.1. The Kier molecular flexibility index (Phi) is 7.50. The van der Waals surface area contributed by atoms with Crippen molar-refractivity contribution in [2.24, 2.45) is 0 Å². The Morgan fingerprint density at radius 1 is 1.00 bits per heavy atom. The molecule has 0 unspecified atom stereocenters. The summed E-state index contributed by atoms with van der Waals surface area (Å²) < 4.78 is 35.4. The SMILES string of the molecule is Cc1ccc(C)c(S(=O)(=O)Oc2ccc(C(=O)OCC(=O)Nc3cccc([N+](=O)[O-])c3C)cc2)c1. The summed E-state index contributed by atoms with van der Waals surface area (Å²) in [6, 6.07) is 14.4. The Morgan fingerprint density at radius 3 is 2.34 bits per heavy atom. The van der Waals surface area contributed by atoms with Crippen molar-refractivity contribution in [3.05, 3.63) is 93.0 Å². The third-order valence-electron chi connectivity index (χ3n) is 5.02. The minimum atomic E-state index is -4.07. The van der Waals surface area contributed by atoms with Crippen molar-refractivity contribution in [1.82, 2.24) is 0 Å². The zero-order chi connectivity index (χ0) is 25.8. The van der Waals surface area contributed by atoms with Crippen molar-refractivity contribution in [3.8, 4) is 5.75 Å². The molecule has 11 heteroatoms. The molecule has 1 N–H and O–H groups in total. The van der Waals surface area contributed by atoms with Gasteiger partial charge in [0.05, 0.1) is 21.7 Å². The average Bonchev–Trinajstić information content (AvgIpc) is 2.80. The van der Waals surface area contributed by atoms with Gasteiger partial charge >= 0.3 is 16.1 Å². The van der Waals surface area contributed by atoms with E-state index in [4.69, 9.17) is 8.92 Å². The molecule has 0 aliphatic heterocycles. The van der Waals surface area contributed by atoms with Crippen LogP contribution in [0.5, 0.6) is 5.75 Å². The van der Waals surface area contributed by atoms with Crippen LogP contribution in [-0.4, -0.2) is 31.8 Å². The summed E-state index contributed by atoms with van der Waals surface area (Å²) in [5.41, 5.74) is 1.72. The second-order valence-electron chi connectivity index (χ2n) is 7.66. The predicted molar refractivity (Wildman–Crippen MR) is 127 cm³/mol. The van der Waals surface area contributed by atoms with Crippen LogP contribution >= 0.6 is 0 Å². The number of amides is 1. The second-order valence-corrected chi connectivity index (χ2v) is 9.18. The van der Waals surface area contributed by atoms with Crippen LogP contribution in [0.25, 0.3) is 0 Å². The number of carbonyl (C=O) groups excluding carboxylic acids is 2. The molecule has 0 fully saturated rings. The van der Waals surface area contributed by atoms with Gasteiger partial charge in [0.1, 0.15) is 10.6 Å². The Hall–Kier alpha value is -4.25. The lowest BCUT2D eigenvalue weighted by atomic mass is 10.1. The van der Waals surface area contributed by atoms with E-state index in [2.05, 4.69) is 5.32 Å². The van der Waals surface area contributed by atoms with Crippen LogP contribution in [-0.2, 0) is 19.6 Å². The number of nitro benzene ring substituents is 1. The standard InChI is InChI=1S/C24H22N2O8S/c1-15-7-8-16(2)22(13-15)35(31,32)34-19-11-9-18(10-12-19)24(28)33-14-23(27)25-20-5-4-6-21(17(20)3)26(29)30/h4-13H,14H2,1-3H3,(H,25,27). The number of nitrogens with one attached hydrogen (secondary N) is 1. The Bertz CT molecular complexity index is 1400. The van der Waals surface area contributed by atoms with E-state index >= 15 is 0 Å². The molecular formula is C24H22N2O8S. The van der Waals surface area contributed by atoms with Crippen molar-refractivity contribution in [2.75, 3.05) is 11.9 Å². The van der Waals surface area contributed by atoms with Crippen LogP contribution in [0.15, 0.2) is 65.6 Å². The first-order valence-electron chi connectivity index (χ1n) is 10.3. The summed E-state index contributed by atoms with van der Waals surface area (Å²) in [4.78, 5) is 34.9. The van der Waals surface area contributed by atoms with Crippen LogP contribution in [0.2, 0.25) is 0 Å². The van der Waals surface area contributed by atoms with Crippen molar-refractivity contribution in [3.63, 3.8) is 0 Å². The van der Waals surface area contributed by atoms with Crippen LogP contribution in [0, 0.1) is 30.9 Å². The third-order valence-corrected chi connectivity index (χ3v) is 6.41. The summed E-state index contributed by atoms with van der Waals surface area (Å²) in [5, 5.41) is 13.5. The zero-order valence-corrected chi connectivity index (χ0v) is 19.9. The molecule has 0 saturated heterocycles. The highest BCUT2D eigenvalue weighted by atomic mass is 32.2. The normalized spacial score (nSPS) is 10.9. The largest absolute Gasteiger partial charge is 0.452 e. The Balaban J connectivity index is 1.60. The number of ether oxygens (including phenoxy) is 1. The smallest absolute Gasteiger partial charge is 0.339 e. The van der Waals surface area contributed by atoms with E-state index in [1.54, 1.807) is 26.0 Å². The van der Waals surface area contributed by atoms with E-state index in [1.165, 1.54) is 55.5 Å². The lowest BCUT2D eigenvalue weighted by Gasteiger charge is -2.11. The topological polar surface area (TPSA) is 142 Å². The maximum Gasteiger partial charge on any atom is 0.339 e. The van der Waals surface area contributed by atoms with Gasteiger partial charge in [0.25, 0.3) is 11.6 Å². The molecule has 3 rings (SSSR count). The van der Waals surface area contributed by atoms with Gasteiger partial charge in [0.15, 0.2) is 6.61 Å². The average molecular weight is 499 g/mol. The number of anilines is 1. The maximum atomic E-state index is 12.6. The second kappa shape index (κ2) is 10.3. The van der Waals surface area contributed by atoms with E-state index in [0.717, 1.165) is 5.56 Å². The van der Waals surface area contributed by atoms with Crippen LogP contribution in [0.3, 0.4) is 0 Å².